The third-order valence-electron chi connectivity index (χ3n) is 4.64. The number of rotatable bonds is 6. The van der Waals surface area contributed by atoms with Gasteiger partial charge >= 0.3 is 5.97 Å². The maximum Gasteiger partial charge on any atom is 0.310 e. The Labute approximate surface area is 142 Å². The predicted molar refractivity (Wildman–Crippen MR) is 92.9 cm³/mol. The normalized spacial score (nSPS) is 15.4. The summed E-state index contributed by atoms with van der Waals surface area (Å²) >= 11 is 0. The summed E-state index contributed by atoms with van der Waals surface area (Å²) in [5.74, 6) is -0.461. The summed E-state index contributed by atoms with van der Waals surface area (Å²) in [5.41, 5.74) is 2.75. The maximum absolute atomic E-state index is 12.8. The number of esters is 1. The van der Waals surface area contributed by atoms with Gasteiger partial charge in [-0.1, -0.05) is 31.5 Å². The third kappa shape index (κ3) is 3.03. The van der Waals surface area contributed by atoms with Crippen molar-refractivity contribution < 1.29 is 14.3 Å². The SMILES string of the molecule is CCCC(CN1CCc2c([nH]c3ccccc23)C1=O)C(=O)OCC. The van der Waals surface area contributed by atoms with E-state index in [1.165, 1.54) is 0 Å². The first-order valence-corrected chi connectivity index (χ1v) is 8.71. The van der Waals surface area contributed by atoms with Gasteiger partial charge in [0.25, 0.3) is 5.91 Å². The first-order chi connectivity index (χ1) is 11.7. The van der Waals surface area contributed by atoms with Crippen LogP contribution in [0, 0.1) is 5.92 Å². The average molecular weight is 328 g/mol. The van der Waals surface area contributed by atoms with Gasteiger partial charge in [-0.3, -0.25) is 9.59 Å². The summed E-state index contributed by atoms with van der Waals surface area (Å²) in [6, 6.07) is 7.99. The molecule has 0 aliphatic carbocycles. The van der Waals surface area contributed by atoms with E-state index >= 15 is 0 Å². The number of ether oxygens (including phenoxy) is 1. The van der Waals surface area contributed by atoms with Gasteiger partial charge in [-0.05, 0) is 31.4 Å². The molecule has 5 heteroatoms. The zero-order valence-electron chi connectivity index (χ0n) is 14.3. The van der Waals surface area contributed by atoms with Gasteiger partial charge in [-0.25, -0.2) is 0 Å². The van der Waals surface area contributed by atoms with Crippen molar-refractivity contribution in [1.82, 2.24) is 9.88 Å². The van der Waals surface area contributed by atoms with Crippen molar-refractivity contribution in [3.8, 4) is 0 Å². The molecule has 1 aromatic heterocycles. The van der Waals surface area contributed by atoms with Crippen LogP contribution in [0.25, 0.3) is 10.9 Å². The van der Waals surface area contributed by atoms with E-state index in [0.29, 0.717) is 25.4 Å². The summed E-state index contributed by atoms with van der Waals surface area (Å²) in [4.78, 5) is 30.0. The molecule has 1 aromatic carbocycles. The van der Waals surface area contributed by atoms with E-state index in [1.807, 2.05) is 38.1 Å². The molecule has 2 aromatic rings. The van der Waals surface area contributed by atoms with E-state index in [1.54, 1.807) is 4.90 Å². The fourth-order valence-electron chi connectivity index (χ4n) is 3.48. The Hall–Kier alpha value is -2.30. The van der Waals surface area contributed by atoms with Crippen LogP contribution in [0.3, 0.4) is 0 Å². The average Bonchev–Trinajstić information content (AvgIpc) is 2.96. The number of aromatic nitrogens is 1. The predicted octanol–water partition coefficient (Wildman–Crippen LogP) is 3.15. The van der Waals surface area contributed by atoms with Gasteiger partial charge in [-0.2, -0.15) is 0 Å². The van der Waals surface area contributed by atoms with Gasteiger partial charge in [0.05, 0.1) is 12.5 Å². The number of nitrogens with one attached hydrogen (secondary N) is 1. The molecule has 2 heterocycles. The zero-order chi connectivity index (χ0) is 17.1. The van der Waals surface area contributed by atoms with Gasteiger partial charge < -0.3 is 14.6 Å². The molecule has 128 valence electrons. The lowest BCUT2D eigenvalue weighted by Gasteiger charge is -2.29. The molecule has 3 rings (SSSR count). The van der Waals surface area contributed by atoms with Gasteiger partial charge in [0.1, 0.15) is 5.69 Å². The highest BCUT2D eigenvalue weighted by Crippen LogP contribution is 2.28. The van der Waals surface area contributed by atoms with Crippen LogP contribution in [0.4, 0.5) is 0 Å². The molecule has 1 aliphatic heterocycles. The second kappa shape index (κ2) is 7.07. The molecule has 1 amide bonds. The Morgan fingerprint density at radius 1 is 1.33 bits per heavy atom. The molecule has 0 saturated heterocycles. The van der Waals surface area contributed by atoms with E-state index < -0.39 is 0 Å². The van der Waals surface area contributed by atoms with Crippen LogP contribution >= 0.6 is 0 Å². The van der Waals surface area contributed by atoms with Crippen LogP contribution in [-0.4, -0.2) is 41.5 Å². The van der Waals surface area contributed by atoms with E-state index in [2.05, 4.69) is 4.98 Å². The van der Waals surface area contributed by atoms with Crippen molar-refractivity contribution in [2.24, 2.45) is 5.92 Å². The highest BCUT2D eigenvalue weighted by atomic mass is 16.5. The van der Waals surface area contributed by atoms with Gasteiger partial charge in [0.15, 0.2) is 0 Å². The molecule has 1 aliphatic rings. The zero-order valence-corrected chi connectivity index (χ0v) is 14.3. The number of benzene rings is 1. The first-order valence-electron chi connectivity index (χ1n) is 8.71. The molecule has 1 unspecified atom stereocenters. The smallest absolute Gasteiger partial charge is 0.310 e. The number of aromatic amines is 1. The molecule has 0 fully saturated rings. The fourth-order valence-corrected chi connectivity index (χ4v) is 3.48. The molecular formula is C19H24N2O3. The summed E-state index contributed by atoms with van der Waals surface area (Å²) in [7, 11) is 0. The van der Waals surface area contributed by atoms with Crippen molar-refractivity contribution in [1.29, 1.82) is 0 Å². The fraction of sp³-hybridized carbons (Fsp3) is 0.474. The molecule has 24 heavy (non-hydrogen) atoms. The summed E-state index contributed by atoms with van der Waals surface area (Å²) in [5, 5.41) is 1.12. The number of carbonyl (C=O) groups is 2. The number of nitrogens with zero attached hydrogens (tertiary/aromatic N) is 1. The standard InChI is InChI=1S/C19H24N2O3/c1-3-7-13(19(23)24-4-2)12-21-11-10-15-14-8-5-6-9-16(14)20-17(15)18(21)22/h5-6,8-9,13,20H,3-4,7,10-12H2,1-2H3. The number of fused-ring (bicyclic) bond motifs is 3. The molecular weight excluding hydrogens is 304 g/mol. The Bertz CT molecular complexity index is 750. The Kier molecular flexibility index (Phi) is 4.88. The first kappa shape index (κ1) is 16.6. The van der Waals surface area contributed by atoms with Crippen LogP contribution in [0.15, 0.2) is 24.3 Å². The van der Waals surface area contributed by atoms with E-state index in [4.69, 9.17) is 4.74 Å². The van der Waals surface area contributed by atoms with Crippen LogP contribution < -0.4 is 0 Å². The quantitative estimate of drug-likeness (QED) is 0.829. The van der Waals surface area contributed by atoms with Crippen molar-refractivity contribution >= 4 is 22.8 Å². The molecule has 0 bridgehead atoms. The lowest BCUT2D eigenvalue weighted by atomic mass is 9.99. The van der Waals surface area contributed by atoms with Crippen LogP contribution in [0.5, 0.6) is 0 Å². The number of hydrogen-bond donors (Lipinski definition) is 1. The maximum atomic E-state index is 12.8. The Balaban J connectivity index is 1.81. The van der Waals surface area contributed by atoms with Crippen molar-refractivity contribution in [2.45, 2.75) is 33.1 Å². The van der Waals surface area contributed by atoms with Crippen LogP contribution in [-0.2, 0) is 16.0 Å². The topological polar surface area (TPSA) is 62.4 Å². The van der Waals surface area contributed by atoms with Gasteiger partial charge in [0.2, 0.25) is 0 Å². The van der Waals surface area contributed by atoms with Crippen molar-refractivity contribution in [3.05, 3.63) is 35.5 Å². The molecule has 1 N–H and O–H groups in total. The minimum atomic E-state index is -0.246. The summed E-state index contributed by atoms with van der Waals surface area (Å²) in [6.07, 6.45) is 2.44. The van der Waals surface area contributed by atoms with Gasteiger partial charge in [0, 0.05) is 24.0 Å². The largest absolute Gasteiger partial charge is 0.466 e. The van der Waals surface area contributed by atoms with E-state index in [9.17, 15) is 9.59 Å². The Morgan fingerprint density at radius 2 is 2.12 bits per heavy atom. The number of carbonyl (C=O) groups excluding carboxylic acids is 2. The minimum absolute atomic E-state index is 0.0159. The van der Waals surface area contributed by atoms with E-state index in [0.717, 1.165) is 35.7 Å². The molecule has 5 nitrogen and oxygen atoms in total. The number of para-hydroxylation sites is 1. The second-order valence-electron chi connectivity index (χ2n) is 6.26. The Morgan fingerprint density at radius 3 is 2.88 bits per heavy atom. The van der Waals surface area contributed by atoms with Crippen LogP contribution in [0.1, 0.15) is 42.7 Å². The third-order valence-corrected chi connectivity index (χ3v) is 4.64. The molecule has 0 spiro atoms. The lowest BCUT2D eigenvalue weighted by molar-refractivity contribution is -0.148. The van der Waals surface area contributed by atoms with Gasteiger partial charge in [-0.15, -0.1) is 0 Å². The number of hydrogen-bond acceptors (Lipinski definition) is 3. The lowest BCUT2D eigenvalue weighted by Crippen LogP contribution is -2.42. The van der Waals surface area contributed by atoms with E-state index in [-0.39, 0.29) is 17.8 Å². The highest BCUT2D eigenvalue weighted by Gasteiger charge is 2.31. The van der Waals surface area contributed by atoms with Crippen molar-refractivity contribution in [3.63, 3.8) is 0 Å². The minimum Gasteiger partial charge on any atom is -0.466 e. The highest BCUT2D eigenvalue weighted by molar-refractivity contribution is 6.02. The molecule has 1 atom stereocenters. The summed E-state index contributed by atoms with van der Waals surface area (Å²) in [6.45, 7) is 5.30. The second-order valence-corrected chi connectivity index (χ2v) is 6.26. The number of amides is 1. The molecule has 0 saturated carbocycles. The van der Waals surface area contributed by atoms with Crippen LogP contribution in [0.2, 0.25) is 0 Å². The van der Waals surface area contributed by atoms with Crippen molar-refractivity contribution in [2.75, 3.05) is 19.7 Å². The number of H-pyrrole nitrogens is 1. The monoisotopic (exact) mass is 328 g/mol. The summed E-state index contributed by atoms with van der Waals surface area (Å²) < 4.78 is 5.17. The molecule has 0 radical (unpaired) electrons.